The Morgan fingerprint density at radius 1 is 1.35 bits per heavy atom. The van der Waals surface area contributed by atoms with Crippen molar-refractivity contribution in [3.63, 3.8) is 0 Å². The molecule has 170 valence electrons. The van der Waals surface area contributed by atoms with Gasteiger partial charge in [-0.3, -0.25) is 4.79 Å². The van der Waals surface area contributed by atoms with E-state index in [-0.39, 0.29) is 28.6 Å². The summed E-state index contributed by atoms with van der Waals surface area (Å²) in [6.45, 7) is 9.38. The lowest BCUT2D eigenvalue weighted by atomic mass is 9.59. The summed E-state index contributed by atoms with van der Waals surface area (Å²) in [4.78, 5) is 26.6. The molecule has 2 fully saturated rings. The third-order valence-electron chi connectivity index (χ3n) is 8.62. The van der Waals surface area contributed by atoms with Gasteiger partial charge in [0.1, 0.15) is 6.10 Å². The van der Waals surface area contributed by atoms with Crippen molar-refractivity contribution in [1.82, 2.24) is 0 Å². The Morgan fingerprint density at radius 3 is 2.65 bits per heavy atom. The standard InChI is InChI=1S/C25H34O6/c1-6-7-8-18(27)31-22-13(2)11-24-14(3)9-17-19(23(17,4)5)16(21(24)29)10-15(12-26)20(28)25(22,24)30/h7-8,10-11,14,16-17,19-20,22,26,28,30H,6,9,12H2,1-5H3. The molecule has 8 atom stereocenters. The molecule has 0 aromatic heterocycles. The molecule has 2 bridgehead atoms. The quantitative estimate of drug-likeness (QED) is 0.359. The molecule has 31 heavy (non-hydrogen) atoms. The zero-order valence-corrected chi connectivity index (χ0v) is 19.0. The molecule has 6 heteroatoms. The Balaban J connectivity index is 1.88. The van der Waals surface area contributed by atoms with Crippen LogP contribution in [0.4, 0.5) is 0 Å². The van der Waals surface area contributed by atoms with Gasteiger partial charge >= 0.3 is 5.97 Å². The summed E-state index contributed by atoms with van der Waals surface area (Å²) >= 11 is 0. The minimum Gasteiger partial charge on any atom is -0.451 e. The minimum atomic E-state index is -2.08. The number of aliphatic hydroxyl groups is 3. The first kappa shape index (κ1) is 22.4. The predicted octanol–water partition coefficient (Wildman–Crippen LogP) is 2.33. The fourth-order valence-corrected chi connectivity index (χ4v) is 6.96. The van der Waals surface area contributed by atoms with Gasteiger partial charge in [-0.25, -0.2) is 4.79 Å². The highest BCUT2D eigenvalue weighted by molar-refractivity contribution is 5.95. The number of esters is 1. The Kier molecular flexibility index (Phi) is 5.15. The van der Waals surface area contributed by atoms with E-state index >= 15 is 0 Å². The highest BCUT2D eigenvalue weighted by Crippen LogP contribution is 2.71. The van der Waals surface area contributed by atoms with Crippen molar-refractivity contribution in [2.75, 3.05) is 6.61 Å². The summed E-state index contributed by atoms with van der Waals surface area (Å²) in [5.74, 6) is -1.14. The summed E-state index contributed by atoms with van der Waals surface area (Å²) < 4.78 is 5.65. The molecule has 3 N–H and O–H groups in total. The first-order valence-corrected chi connectivity index (χ1v) is 11.3. The zero-order valence-electron chi connectivity index (χ0n) is 19.0. The number of Topliss-reactive ketones (excluding diaryl/α,β-unsaturated/α-hetero) is 1. The first-order valence-electron chi connectivity index (χ1n) is 11.3. The predicted molar refractivity (Wildman–Crippen MR) is 115 cm³/mol. The van der Waals surface area contributed by atoms with Crippen LogP contribution in [0.5, 0.6) is 0 Å². The summed E-state index contributed by atoms with van der Waals surface area (Å²) in [6, 6.07) is 0. The second-order valence-electron chi connectivity index (χ2n) is 10.5. The average molecular weight is 431 g/mol. The van der Waals surface area contributed by atoms with Crippen molar-refractivity contribution in [3.05, 3.63) is 35.5 Å². The molecule has 8 unspecified atom stereocenters. The van der Waals surface area contributed by atoms with Crippen LogP contribution in [-0.2, 0) is 14.3 Å². The van der Waals surface area contributed by atoms with Crippen LogP contribution in [0, 0.1) is 34.5 Å². The molecule has 2 saturated carbocycles. The van der Waals surface area contributed by atoms with Gasteiger partial charge in [0.05, 0.1) is 12.0 Å². The smallest absolute Gasteiger partial charge is 0.331 e. The third-order valence-corrected chi connectivity index (χ3v) is 8.62. The molecular formula is C25H34O6. The molecule has 0 heterocycles. The summed E-state index contributed by atoms with van der Waals surface area (Å²) in [7, 11) is 0. The Bertz CT molecular complexity index is 898. The Labute approximate surface area is 183 Å². The highest BCUT2D eigenvalue weighted by Gasteiger charge is 2.76. The van der Waals surface area contributed by atoms with Crippen LogP contribution in [0.3, 0.4) is 0 Å². The molecular weight excluding hydrogens is 396 g/mol. The van der Waals surface area contributed by atoms with Crippen LogP contribution in [0.1, 0.15) is 47.5 Å². The van der Waals surface area contributed by atoms with E-state index in [1.807, 2.05) is 13.8 Å². The summed E-state index contributed by atoms with van der Waals surface area (Å²) in [5.41, 5.74) is -2.72. The number of hydrogen-bond acceptors (Lipinski definition) is 6. The van der Waals surface area contributed by atoms with Crippen molar-refractivity contribution >= 4 is 11.8 Å². The summed E-state index contributed by atoms with van der Waals surface area (Å²) in [6.07, 6.45) is 5.04. The largest absolute Gasteiger partial charge is 0.451 e. The Morgan fingerprint density at radius 2 is 2.03 bits per heavy atom. The van der Waals surface area contributed by atoms with Gasteiger partial charge in [0.15, 0.2) is 17.5 Å². The lowest BCUT2D eigenvalue weighted by Crippen LogP contribution is -2.65. The van der Waals surface area contributed by atoms with Gasteiger partial charge in [-0.1, -0.05) is 45.9 Å². The SMILES string of the molecule is CCC=CC(=O)OC1C(C)=CC23C(=O)C(C=C(CO)C(O)C12O)C1C(CC3C)C1(C)C. The number of carbonyl (C=O) groups excluding carboxylic acids is 2. The topological polar surface area (TPSA) is 104 Å². The van der Waals surface area contributed by atoms with Crippen LogP contribution in [0.15, 0.2) is 35.5 Å². The Hall–Kier alpha value is -1.76. The number of hydrogen-bond donors (Lipinski definition) is 3. The fraction of sp³-hybridized carbons (Fsp3) is 0.680. The average Bonchev–Trinajstić information content (AvgIpc) is 3.20. The van der Waals surface area contributed by atoms with E-state index in [0.717, 1.165) is 6.42 Å². The van der Waals surface area contributed by atoms with E-state index in [9.17, 15) is 24.9 Å². The number of aliphatic hydroxyl groups excluding tert-OH is 2. The normalized spacial score (nSPS) is 45.2. The first-order chi connectivity index (χ1) is 14.5. The molecule has 4 aliphatic carbocycles. The van der Waals surface area contributed by atoms with Crippen LogP contribution in [-0.4, -0.2) is 51.5 Å². The fourth-order valence-electron chi connectivity index (χ4n) is 6.96. The van der Waals surface area contributed by atoms with Gasteiger partial charge in [0.2, 0.25) is 0 Å². The van der Waals surface area contributed by atoms with Crippen LogP contribution in [0.25, 0.3) is 0 Å². The molecule has 0 aliphatic heterocycles. The maximum atomic E-state index is 14.2. The number of ketones is 1. The van der Waals surface area contributed by atoms with E-state index in [1.54, 1.807) is 25.2 Å². The number of ether oxygens (including phenoxy) is 1. The van der Waals surface area contributed by atoms with E-state index < -0.39 is 41.7 Å². The molecule has 4 rings (SSSR count). The van der Waals surface area contributed by atoms with Crippen molar-refractivity contribution in [3.8, 4) is 0 Å². The van der Waals surface area contributed by atoms with E-state index in [2.05, 4.69) is 13.8 Å². The lowest BCUT2D eigenvalue weighted by Gasteiger charge is -2.48. The molecule has 0 amide bonds. The van der Waals surface area contributed by atoms with Crippen molar-refractivity contribution in [2.45, 2.75) is 65.3 Å². The maximum Gasteiger partial charge on any atom is 0.331 e. The molecule has 4 aliphatic rings. The second-order valence-corrected chi connectivity index (χ2v) is 10.5. The van der Waals surface area contributed by atoms with Gasteiger partial charge in [-0.2, -0.15) is 0 Å². The number of rotatable bonds is 4. The van der Waals surface area contributed by atoms with Gasteiger partial charge in [-0.05, 0) is 54.1 Å². The molecule has 0 aromatic rings. The maximum absolute atomic E-state index is 14.2. The molecule has 1 spiro atoms. The summed E-state index contributed by atoms with van der Waals surface area (Å²) in [5, 5.41) is 33.6. The van der Waals surface area contributed by atoms with E-state index in [1.165, 1.54) is 6.08 Å². The number of allylic oxidation sites excluding steroid dienone is 2. The minimum absolute atomic E-state index is 0.0190. The molecule has 6 nitrogen and oxygen atoms in total. The number of carbonyl (C=O) groups is 2. The highest BCUT2D eigenvalue weighted by atomic mass is 16.6. The van der Waals surface area contributed by atoms with Crippen LogP contribution in [0.2, 0.25) is 0 Å². The van der Waals surface area contributed by atoms with Crippen LogP contribution >= 0.6 is 0 Å². The monoisotopic (exact) mass is 430 g/mol. The number of fused-ring (bicyclic) bond motifs is 3. The van der Waals surface area contributed by atoms with Crippen molar-refractivity contribution in [2.24, 2.45) is 34.5 Å². The van der Waals surface area contributed by atoms with Gasteiger partial charge < -0.3 is 20.1 Å². The van der Waals surface area contributed by atoms with Crippen LogP contribution < -0.4 is 0 Å². The third kappa shape index (κ3) is 2.74. The van der Waals surface area contributed by atoms with E-state index in [0.29, 0.717) is 17.9 Å². The van der Waals surface area contributed by atoms with Crippen molar-refractivity contribution in [1.29, 1.82) is 0 Å². The van der Waals surface area contributed by atoms with Crippen molar-refractivity contribution < 1.29 is 29.6 Å². The van der Waals surface area contributed by atoms with Gasteiger partial charge in [0.25, 0.3) is 0 Å². The molecule has 0 radical (unpaired) electrons. The van der Waals surface area contributed by atoms with E-state index in [4.69, 9.17) is 4.74 Å². The second kappa shape index (κ2) is 7.12. The van der Waals surface area contributed by atoms with Gasteiger partial charge in [0, 0.05) is 12.0 Å². The molecule has 0 aromatic carbocycles. The molecule has 0 saturated heterocycles. The lowest BCUT2D eigenvalue weighted by molar-refractivity contribution is -0.201. The van der Waals surface area contributed by atoms with Gasteiger partial charge in [-0.15, -0.1) is 0 Å². The zero-order chi connectivity index (χ0) is 22.9.